The molecule has 1 fully saturated rings. The molecule has 1 aromatic heterocycles. The topological polar surface area (TPSA) is 83.4 Å². The number of amides is 3. The van der Waals surface area contributed by atoms with Crippen molar-refractivity contribution in [1.82, 2.24) is 14.8 Å². The van der Waals surface area contributed by atoms with Crippen molar-refractivity contribution in [1.29, 1.82) is 0 Å². The third kappa shape index (κ3) is 4.18. The molecule has 4 rings (SSSR count). The van der Waals surface area contributed by atoms with E-state index in [1.165, 1.54) is 22.5 Å². The van der Waals surface area contributed by atoms with Crippen molar-refractivity contribution in [2.45, 2.75) is 32.4 Å². The zero-order chi connectivity index (χ0) is 22.8. The summed E-state index contributed by atoms with van der Waals surface area (Å²) in [6, 6.07) is 10.7. The lowest BCUT2D eigenvalue weighted by Gasteiger charge is -2.24. The zero-order valence-electron chi connectivity index (χ0n) is 17.4. The summed E-state index contributed by atoms with van der Waals surface area (Å²) >= 11 is 5.79. The van der Waals surface area contributed by atoms with Crippen molar-refractivity contribution in [2.24, 2.45) is 0 Å². The minimum atomic E-state index is -0.668. The van der Waals surface area contributed by atoms with E-state index in [0.717, 1.165) is 5.39 Å². The molecule has 9 heteroatoms. The molecule has 0 unspecified atom stereocenters. The summed E-state index contributed by atoms with van der Waals surface area (Å²) in [5, 5.41) is 6.26. The number of halogens is 2. The van der Waals surface area contributed by atoms with Gasteiger partial charge < -0.3 is 15.5 Å². The lowest BCUT2D eigenvalue weighted by molar-refractivity contribution is -0.119. The first-order valence-corrected chi connectivity index (χ1v) is 10.6. The molecule has 0 aliphatic carbocycles. The number of nitrogens with one attached hydrogen (secondary N) is 2. The van der Waals surface area contributed by atoms with Crippen molar-refractivity contribution in [3.8, 4) is 0 Å². The number of anilines is 1. The molecular formula is C23H22ClFN4O3. The monoisotopic (exact) mass is 456 g/mol. The number of carbonyl (C=O) groups excluding carboxylic acids is 3. The number of aromatic nitrogens is 1. The molecule has 0 bridgehead atoms. The zero-order valence-corrected chi connectivity index (χ0v) is 18.2. The number of para-hydroxylation sites is 1. The predicted molar refractivity (Wildman–Crippen MR) is 120 cm³/mol. The van der Waals surface area contributed by atoms with Crippen LogP contribution in [-0.4, -0.2) is 39.9 Å². The normalized spacial score (nSPS) is 15.7. The highest BCUT2D eigenvalue weighted by molar-refractivity contribution is 6.30. The number of fused-ring (bicyclic) bond motifs is 1. The molecule has 1 atom stereocenters. The van der Waals surface area contributed by atoms with Gasteiger partial charge in [0.25, 0.3) is 0 Å². The SMILES string of the molecule is CC(=O)n1cc(NC(=O)[C@H]2CCCN2C(=O)NCc2cccc(Cl)c2F)c2ccccc21. The number of benzene rings is 2. The van der Waals surface area contributed by atoms with Crippen molar-refractivity contribution in [3.05, 3.63) is 65.1 Å². The van der Waals surface area contributed by atoms with Crippen LogP contribution in [0.4, 0.5) is 14.9 Å². The van der Waals surface area contributed by atoms with Crippen LogP contribution < -0.4 is 10.6 Å². The van der Waals surface area contributed by atoms with E-state index in [1.807, 2.05) is 18.2 Å². The predicted octanol–water partition coefficient (Wildman–Crippen LogP) is 4.41. The quantitative estimate of drug-likeness (QED) is 0.610. The van der Waals surface area contributed by atoms with Gasteiger partial charge in [0.2, 0.25) is 11.8 Å². The third-order valence-corrected chi connectivity index (χ3v) is 5.88. The van der Waals surface area contributed by atoms with Gasteiger partial charge in [0.15, 0.2) is 0 Å². The van der Waals surface area contributed by atoms with Gasteiger partial charge in [-0.2, -0.15) is 0 Å². The standard InChI is InChI=1S/C23H22ClFN4O3/c1-14(30)29-13-18(16-7-2-3-9-19(16)29)27-22(31)20-10-5-11-28(20)23(32)26-12-15-6-4-8-17(24)21(15)25/h2-4,6-9,13,20H,5,10-12H2,1H3,(H,26,32)(H,27,31)/t20-/m1/s1. The van der Waals surface area contributed by atoms with E-state index < -0.39 is 17.9 Å². The second-order valence-corrected chi connectivity index (χ2v) is 8.07. The number of hydrogen-bond acceptors (Lipinski definition) is 3. The number of carbonyl (C=O) groups is 3. The van der Waals surface area contributed by atoms with Gasteiger partial charge in [-0.25, -0.2) is 9.18 Å². The van der Waals surface area contributed by atoms with Gasteiger partial charge in [0, 0.05) is 37.2 Å². The van der Waals surface area contributed by atoms with Crippen molar-refractivity contribution in [3.63, 3.8) is 0 Å². The fourth-order valence-corrected chi connectivity index (χ4v) is 4.19. The highest BCUT2D eigenvalue weighted by Crippen LogP contribution is 2.27. The molecule has 0 saturated carbocycles. The Morgan fingerprint density at radius 3 is 2.72 bits per heavy atom. The average molecular weight is 457 g/mol. The number of rotatable bonds is 4. The molecule has 166 valence electrons. The Hall–Kier alpha value is -3.39. The molecule has 1 aliphatic rings. The molecule has 3 amide bonds. The van der Waals surface area contributed by atoms with Crippen LogP contribution in [0.5, 0.6) is 0 Å². The molecule has 0 radical (unpaired) electrons. The summed E-state index contributed by atoms with van der Waals surface area (Å²) < 4.78 is 15.6. The average Bonchev–Trinajstić information content (AvgIpc) is 3.40. The summed E-state index contributed by atoms with van der Waals surface area (Å²) in [5.41, 5.74) is 1.47. The maximum Gasteiger partial charge on any atom is 0.318 e. The van der Waals surface area contributed by atoms with E-state index in [4.69, 9.17) is 11.6 Å². The maximum absolute atomic E-state index is 14.1. The minimum Gasteiger partial charge on any atom is -0.334 e. The van der Waals surface area contributed by atoms with Crippen molar-refractivity contribution in [2.75, 3.05) is 11.9 Å². The van der Waals surface area contributed by atoms with Crippen LogP contribution in [0.1, 0.15) is 30.1 Å². The lowest BCUT2D eigenvalue weighted by atomic mass is 10.2. The van der Waals surface area contributed by atoms with Crippen LogP contribution in [0.3, 0.4) is 0 Å². The summed E-state index contributed by atoms with van der Waals surface area (Å²) in [6.07, 6.45) is 2.77. The third-order valence-electron chi connectivity index (χ3n) is 5.59. The fourth-order valence-electron chi connectivity index (χ4n) is 4.00. The molecular weight excluding hydrogens is 435 g/mol. The largest absolute Gasteiger partial charge is 0.334 e. The van der Waals surface area contributed by atoms with Crippen molar-refractivity contribution >= 4 is 46.0 Å². The smallest absolute Gasteiger partial charge is 0.318 e. The fraction of sp³-hybridized carbons (Fsp3) is 0.261. The maximum atomic E-state index is 14.1. The Morgan fingerprint density at radius 1 is 1.16 bits per heavy atom. The first kappa shape index (κ1) is 21.8. The van der Waals surface area contributed by atoms with Crippen molar-refractivity contribution < 1.29 is 18.8 Å². The summed E-state index contributed by atoms with van der Waals surface area (Å²) in [6.45, 7) is 1.82. The van der Waals surface area contributed by atoms with Crippen LogP contribution in [-0.2, 0) is 11.3 Å². The molecule has 2 aromatic carbocycles. The van der Waals surface area contributed by atoms with Gasteiger partial charge >= 0.3 is 6.03 Å². The molecule has 1 aliphatic heterocycles. The Balaban J connectivity index is 1.47. The van der Waals surface area contributed by atoms with Crippen LogP contribution in [0.15, 0.2) is 48.7 Å². The first-order chi connectivity index (χ1) is 15.4. The summed E-state index contributed by atoms with van der Waals surface area (Å²) in [5.74, 6) is -1.08. The van der Waals surface area contributed by atoms with E-state index in [9.17, 15) is 18.8 Å². The van der Waals surface area contributed by atoms with Crippen LogP contribution in [0, 0.1) is 5.82 Å². The number of nitrogens with zero attached hydrogens (tertiary/aromatic N) is 2. The molecule has 7 nitrogen and oxygen atoms in total. The Labute approximate surface area is 189 Å². The van der Waals surface area contributed by atoms with Crippen LogP contribution >= 0.6 is 11.6 Å². The van der Waals surface area contributed by atoms with Gasteiger partial charge in [-0.1, -0.05) is 41.9 Å². The summed E-state index contributed by atoms with van der Waals surface area (Å²) in [7, 11) is 0. The Kier molecular flexibility index (Phi) is 6.14. The summed E-state index contributed by atoms with van der Waals surface area (Å²) in [4.78, 5) is 39.1. The van der Waals surface area contributed by atoms with E-state index >= 15 is 0 Å². The Bertz CT molecular complexity index is 1210. The van der Waals surface area contributed by atoms with Gasteiger partial charge in [0.1, 0.15) is 11.9 Å². The van der Waals surface area contributed by atoms with E-state index in [-0.39, 0.29) is 28.9 Å². The van der Waals surface area contributed by atoms with Crippen LogP contribution in [0.25, 0.3) is 10.9 Å². The molecule has 2 N–H and O–H groups in total. The first-order valence-electron chi connectivity index (χ1n) is 10.3. The van der Waals surface area contributed by atoms with Gasteiger partial charge in [0.05, 0.1) is 16.2 Å². The van der Waals surface area contributed by atoms with E-state index in [2.05, 4.69) is 10.6 Å². The van der Waals surface area contributed by atoms with E-state index in [1.54, 1.807) is 24.4 Å². The molecule has 2 heterocycles. The van der Waals surface area contributed by atoms with Gasteiger partial charge in [-0.3, -0.25) is 14.2 Å². The molecule has 1 saturated heterocycles. The number of hydrogen-bond donors (Lipinski definition) is 2. The highest BCUT2D eigenvalue weighted by Gasteiger charge is 2.34. The number of likely N-dealkylation sites (tertiary alicyclic amines) is 1. The Morgan fingerprint density at radius 2 is 1.94 bits per heavy atom. The molecule has 0 spiro atoms. The molecule has 32 heavy (non-hydrogen) atoms. The highest BCUT2D eigenvalue weighted by atomic mass is 35.5. The second-order valence-electron chi connectivity index (χ2n) is 7.66. The van der Waals surface area contributed by atoms with Gasteiger partial charge in [-0.15, -0.1) is 0 Å². The molecule has 3 aromatic rings. The second kappa shape index (κ2) is 9.00. The minimum absolute atomic E-state index is 0.0140. The van der Waals surface area contributed by atoms with Crippen LogP contribution in [0.2, 0.25) is 5.02 Å². The van der Waals surface area contributed by atoms with E-state index in [0.29, 0.717) is 30.6 Å². The van der Waals surface area contributed by atoms with Gasteiger partial charge in [-0.05, 0) is 25.0 Å². The number of urea groups is 1. The lowest BCUT2D eigenvalue weighted by Crippen LogP contribution is -2.47.